The lowest BCUT2D eigenvalue weighted by Gasteiger charge is -2.51. The number of fused-ring (bicyclic) bond motifs is 1. The molecule has 35 heavy (non-hydrogen) atoms. The molecule has 2 aliphatic rings. The third kappa shape index (κ3) is 5.16. The zero-order valence-electron chi connectivity index (χ0n) is 20.9. The van der Waals surface area contributed by atoms with Crippen molar-refractivity contribution in [2.45, 2.75) is 90.6 Å². The number of alkyl halides is 3. The number of carboxylic acids is 1. The summed E-state index contributed by atoms with van der Waals surface area (Å²) in [6, 6.07) is 8.08. The van der Waals surface area contributed by atoms with Gasteiger partial charge in [0.25, 0.3) is 0 Å². The number of halogens is 3. The molecule has 0 bridgehead atoms. The zero-order chi connectivity index (χ0) is 25.5. The van der Waals surface area contributed by atoms with E-state index in [0.717, 1.165) is 37.7 Å². The monoisotopic (exact) mass is 491 g/mol. The first-order valence-corrected chi connectivity index (χ1v) is 12.7. The minimum Gasteiger partial charge on any atom is -0.490 e. The lowest BCUT2D eigenvalue weighted by atomic mass is 9.58. The van der Waals surface area contributed by atoms with Crippen LogP contribution in [0.1, 0.15) is 83.4 Å². The summed E-state index contributed by atoms with van der Waals surface area (Å²) in [5.74, 6) is -0.687. The number of carbonyl (C=O) groups is 1. The van der Waals surface area contributed by atoms with Crippen molar-refractivity contribution >= 4 is 16.7 Å². The van der Waals surface area contributed by atoms with Crippen LogP contribution >= 0.6 is 0 Å². The first kappa shape index (κ1) is 25.8. The van der Waals surface area contributed by atoms with E-state index < -0.39 is 29.0 Å². The number of nitrogens with one attached hydrogen (secondary N) is 1. The maximum Gasteiger partial charge on any atom is 0.420 e. The summed E-state index contributed by atoms with van der Waals surface area (Å²) in [4.78, 5) is 11.4. The van der Waals surface area contributed by atoms with Gasteiger partial charge in [0.15, 0.2) is 0 Å². The highest BCUT2D eigenvalue weighted by Crippen LogP contribution is 2.47. The standard InChI is InChI=1S/C28H36F3NO3/c1-5-17-6-11-20(12-7-17)35-23-13-10-18-8-9-19(14-21(18)25(23)28(29,30)31)16(2)32-24-15-22(26(33)34)27(24,3)4/h8-10,13-14,16-17,20,22,24,32H,5-7,11-12,15H2,1-4H3,(H,33,34)/t16-,17-,20+,22+,24+/m1/s1. The van der Waals surface area contributed by atoms with Crippen LogP contribution < -0.4 is 10.1 Å². The molecule has 2 saturated carbocycles. The molecule has 0 saturated heterocycles. The average molecular weight is 492 g/mol. The first-order valence-electron chi connectivity index (χ1n) is 12.7. The Morgan fingerprint density at radius 3 is 2.40 bits per heavy atom. The molecule has 192 valence electrons. The van der Waals surface area contributed by atoms with Crippen molar-refractivity contribution in [3.05, 3.63) is 41.5 Å². The number of hydrogen-bond donors (Lipinski definition) is 2. The van der Waals surface area contributed by atoms with Crippen LogP contribution in [0.25, 0.3) is 10.8 Å². The summed E-state index contributed by atoms with van der Waals surface area (Å²) in [7, 11) is 0. The van der Waals surface area contributed by atoms with Crippen LogP contribution in [0.5, 0.6) is 5.75 Å². The van der Waals surface area contributed by atoms with Crippen LogP contribution in [0, 0.1) is 17.3 Å². The lowest BCUT2D eigenvalue weighted by Crippen LogP contribution is -2.59. The Hall–Kier alpha value is -2.28. The largest absolute Gasteiger partial charge is 0.490 e. The Morgan fingerprint density at radius 1 is 1.17 bits per heavy atom. The third-order valence-corrected chi connectivity index (χ3v) is 8.47. The van der Waals surface area contributed by atoms with Crippen molar-refractivity contribution < 1.29 is 27.8 Å². The van der Waals surface area contributed by atoms with Crippen molar-refractivity contribution in [3.63, 3.8) is 0 Å². The summed E-state index contributed by atoms with van der Waals surface area (Å²) in [6.07, 6.45) is 0.408. The van der Waals surface area contributed by atoms with Gasteiger partial charge in [-0.3, -0.25) is 4.79 Å². The molecule has 0 radical (unpaired) electrons. The van der Waals surface area contributed by atoms with E-state index in [1.165, 1.54) is 6.07 Å². The van der Waals surface area contributed by atoms with E-state index in [4.69, 9.17) is 4.74 Å². The molecule has 7 heteroatoms. The molecule has 0 aliphatic heterocycles. The Labute approximate surface area is 205 Å². The third-order valence-electron chi connectivity index (χ3n) is 8.47. The molecular weight excluding hydrogens is 455 g/mol. The molecule has 4 rings (SSSR count). The second-order valence-electron chi connectivity index (χ2n) is 11.0. The van der Waals surface area contributed by atoms with Crippen LogP contribution in [0.15, 0.2) is 30.3 Å². The molecule has 2 fully saturated rings. The topological polar surface area (TPSA) is 58.6 Å². The van der Waals surface area contributed by atoms with Crippen molar-refractivity contribution in [3.8, 4) is 5.75 Å². The molecule has 2 aromatic rings. The highest BCUT2D eigenvalue weighted by Gasteiger charge is 2.52. The number of hydrogen-bond acceptors (Lipinski definition) is 3. The van der Waals surface area contributed by atoms with E-state index in [9.17, 15) is 23.1 Å². The second-order valence-corrected chi connectivity index (χ2v) is 11.0. The highest BCUT2D eigenvalue weighted by molar-refractivity contribution is 5.89. The van der Waals surface area contributed by atoms with Gasteiger partial charge in [0, 0.05) is 12.1 Å². The minimum absolute atomic E-state index is 0.0238. The summed E-state index contributed by atoms with van der Waals surface area (Å²) in [5.41, 5.74) is -0.402. The van der Waals surface area contributed by atoms with E-state index in [2.05, 4.69) is 12.2 Å². The Balaban J connectivity index is 1.60. The first-order chi connectivity index (χ1) is 16.4. The Kier molecular flexibility index (Phi) is 7.11. The van der Waals surface area contributed by atoms with Gasteiger partial charge in [-0.05, 0) is 78.8 Å². The van der Waals surface area contributed by atoms with E-state index >= 15 is 0 Å². The molecule has 0 spiro atoms. The fourth-order valence-corrected chi connectivity index (χ4v) is 5.84. The van der Waals surface area contributed by atoms with Crippen LogP contribution in [0.3, 0.4) is 0 Å². The predicted octanol–water partition coefficient (Wildman–Crippen LogP) is 7.36. The van der Waals surface area contributed by atoms with Gasteiger partial charge in [-0.2, -0.15) is 13.2 Å². The minimum atomic E-state index is -4.55. The van der Waals surface area contributed by atoms with Crippen LogP contribution in [-0.4, -0.2) is 23.2 Å². The molecule has 0 aromatic heterocycles. The van der Waals surface area contributed by atoms with E-state index in [1.807, 2.05) is 26.8 Å². The van der Waals surface area contributed by atoms with Gasteiger partial charge in [0.1, 0.15) is 11.3 Å². The van der Waals surface area contributed by atoms with Gasteiger partial charge in [-0.1, -0.05) is 45.4 Å². The van der Waals surface area contributed by atoms with E-state index in [0.29, 0.717) is 17.7 Å². The second kappa shape index (κ2) is 9.64. The van der Waals surface area contributed by atoms with Crippen LogP contribution in [-0.2, 0) is 11.0 Å². The molecule has 4 nitrogen and oxygen atoms in total. The van der Waals surface area contributed by atoms with Crippen molar-refractivity contribution in [1.29, 1.82) is 0 Å². The summed E-state index contributed by atoms with van der Waals surface area (Å²) < 4.78 is 49.0. The summed E-state index contributed by atoms with van der Waals surface area (Å²) >= 11 is 0. The van der Waals surface area contributed by atoms with Crippen molar-refractivity contribution in [1.82, 2.24) is 5.32 Å². The average Bonchev–Trinajstić information content (AvgIpc) is 2.80. The van der Waals surface area contributed by atoms with Gasteiger partial charge < -0.3 is 15.2 Å². The van der Waals surface area contributed by atoms with Gasteiger partial charge in [-0.25, -0.2) is 0 Å². The lowest BCUT2D eigenvalue weighted by molar-refractivity contribution is -0.155. The van der Waals surface area contributed by atoms with Gasteiger partial charge in [0.05, 0.1) is 12.0 Å². The maximum atomic E-state index is 14.3. The number of aliphatic carboxylic acids is 1. The van der Waals surface area contributed by atoms with Crippen LogP contribution in [0.4, 0.5) is 13.2 Å². The molecule has 0 heterocycles. The Morgan fingerprint density at radius 2 is 1.83 bits per heavy atom. The molecule has 2 aliphatic carbocycles. The van der Waals surface area contributed by atoms with Gasteiger partial charge in [-0.15, -0.1) is 0 Å². The van der Waals surface area contributed by atoms with Gasteiger partial charge in [0.2, 0.25) is 0 Å². The predicted molar refractivity (Wildman–Crippen MR) is 130 cm³/mol. The van der Waals surface area contributed by atoms with E-state index in [1.54, 1.807) is 18.2 Å². The molecule has 0 amide bonds. The molecule has 0 unspecified atom stereocenters. The number of rotatable bonds is 7. The molecular formula is C28H36F3NO3. The molecule has 2 N–H and O–H groups in total. The van der Waals surface area contributed by atoms with Gasteiger partial charge >= 0.3 is 12.1 Å². The van der Waals surface area contributed by atoms with E-state index in [-0.39, 0.29) is 29.3 Å². The fraction of sp³-hybridized carbons (Fsp3) is 0.607. The van der Waals surface area contributed by atoms with Crippen LogP contribution in [0.2, 0.25) is 0 Å². The number of benzene rings is 2. The Bertz CT molecular complexity index is 1070. The summed E-state index contributed by atoms with van der Waals surface area (Å²) in [6.45, 7) is 7.89. The quantitative estimate of drug-likeness (QED) is 0.425. The van der Waals surface area contributed by atoms with Crippen molar-refractivity contribution in [2.75, 3.05) is 0 Å². The SMILES string of the molecule is CC[C@H]1CC[C@@H](Oc2ccc3ccc([C@@H](C)N[C@H]4C[C@@H](C(=O)O)C4(C)C)cc3c2C(F)(F)F)CC1. The number of ether oxygens (including phenoxy) is 1. The van der Waals surface area contributed by atoms with Crippen molar-refractivity contribution in [2.24, 2.45) is 17.3 Å². The smallest absolute Gasteiger partial charge is 0.420 e. The number of carboxylic acid groups (broad SMARTS) is 1. The molecule has 3 atom stereocenters. The normalized spacial score (nSPS) is 27.3. The maximum absolute atomic E-state index is 14.3. The zero-order valence-corrected chi connectivity index (χ0v) is 20.9. The fourth-order valence-electron chi connectivity index (χ4n) is 5.84. The highest BCUT2D eigenvalue weighted by atomic mass is 19.4. The molecule has 2 aromatic carbocycles. The summed E-state index contributed by atoms with van der Waals surface area (Å²) in [5, 5.41) is 13.5.